The van der Waals surface area contributed by atoms with E-state index in [0.29, 0.717) is 13.2 Å². The van der Waals surface area contributed by atoms with Gasteiger partial charge in [0.15, 0.2) is 0 Å². The molecule has 0 spiro atoms. The van der Waals surface area contributed by atoms with Gasteiger partial charge in [-0.2, -0.15) is 0 Å². The molecule has 1 aliphatic heterocycles. The molecule has 2 rings (SSSR count). The van der Waals surface area contributed by atoms with E-state index in [1.807, 2.05) is 0 Å². The van der Waals surface area contributed by atoms with E-state index in [9.17, 15) is 14.7 Å². The lowest BCUT2D eigenvalue weighted by Gasteiger charge is -2.40. The molecule has 3 atom stereocenters. The third-order valence-electron chi connectivity index (χ3n) is 5.46. The van der Waals surface area contributed by atoms with Crippen molar-refractivity contribution in [3.05, 3.63) is 0 Å². The Labute approximate surface area is 137 Å². The monoisotopic (exact) mass is 327 g/mol. The lowest BCUT2D eigenvalue weighted by Crippen LogP contribution is -2.55. The number of carboxylic acids is 1. The van der Waals surface area contributed by atoms with Crippen LogP contribution in [0, 0.1) is 11.3 Å². The van der Waals surface area contributed by atoms with Gasteiger partial charge in [0.25, 0.3) is 0 Å². The highest BCUT2D eigenvalue weighted by atomic mass is 16.5. The lowest BCUT2D eigenvalue weighted by molar-refractivity contribution is -0.149. The average Bonchev–Trinajstić information content (AvgIpc) is 2.55. The summed E-state index contributed by atoms with van der Waals surface area (Å²) in [6.45, 7) is 2.84. The van der Waals surface area contributed by atoms with E-state index in [1.165, 1.54) is 6.42 Å². The number of hydrogen-bond donors (Lipinski definition) is 2. The van der Waals surface area contributed by atoms with Crippen molar-refractivity contribution in [3.8, 4) is 0 Å². The molecule has 6 nitrogen and oxygen atoms in total. The minimum atomic E-state index is -0.920. The van der Waals surface area contributed by atoms with Gasteiger partial charge in [0, 0.05) is 13.7 Å². The maximum atomic E-state index is 12.9. The highest BCUT2D eigenvalue weighted by Gasteiger charge is 2.44. The number of methoxy groups -OCH3 is 1. The molecule has 1 saturated heterocycles. The van der Waals surface area contributed by atoms with Crippen molar-refractivity contribution in [3.63, 3.8) is 0 Å². The van der Waals surface area contributed by atoms with Crippen LogP contribution >= 0.6 is 0 Å². The SMILES string of the molecule is CO[C@@H]1CCOC[C@H]1NC(=O)C(C)(CC(=O)O)C1CCCCC1. The number of carbonyl (C=O) groups is 2. The molecule has 2 aliphatic rings. The Balaban J connectivity index is 2.10. The lowest BCUT2D eigenvalue weighted by atomic mass is 9.67. The molecule has 1 saturated carbocycles. The molecule has 23 heavy (non-hydrogen) atoms. The molecule has 1 unspecified atom stereocenters. The highest BCUT2D eigenvalue weighted by Crippen LogP contribution is 2.41. The maximum absolute atomic E-state index is 12.9. The van der Waals surface area contributed by atoms with Gasteiger partial charge in [-0.15, -0.1) is 0 Å². The van der Waals surface area contributed by atoms with Gasteiger partial charge in [0.05, 0.1) is 30.6 Å². The molecule has 0 bridgehead atoms. The van der Waals surface area contributed by atoms with Crippen molar-refractivity contribution in [2.24, 2.45) is 11.3 Å². The molecule has 132 valence electrons. The molecule has 0 aromatic rings. The van der Waals surface area contributed by atoms with Crippen molar-refractivity contribution in [1.82, 2.24) is 5.32 Å². The zero-order chi connectivity index (χ0) is 16.9. The summed E-state index contributed by atoms with van der Waals surface area (Å²) in [5.41, 5.74) is -0.873. The van der Waals surface area contributed by atoms with Crippen molar-refractivity contribution in [2.75, 3.05) is 20.3 Å². The van der Waals surface area contributed by atoms with E-state index in [1.54, 1.807) is 14.0 Å². The number of carboxylic acid groups (broad SMARTS) is 1. The van der Waals surface area contributed by atoms with Crippen LogP contribution in [0.25, 0.3) is 0 Å². The molecule has 1 heterocycles. The second-order valence-corrected chi connectivity index (χ2v) is 7.04. The Hall–Kier alpha value is -1.14. The number of amides is 1. The predicted molar refractivity (Wildman–Crippen MR) is 85.1 cm³/mol. The topological polar surface area (TPSA) is 84.9 Å². The summed E-state index contributed by atoms with van der Waals surface area (Å²) in [5, 5.41) is 12.3. The largest absolute Gasteiger partial charge is 0.481 e. The van der Waals surface area contributed by atoms with E-state index < -0.39 is 11.4 Å². The number of nitrogens with one attached hydrogen (secondary N) is 1. The van der Waals surface area contributed by atoms with Gasteiger partial charge >= 0.3 is 5.97 Å². The van der Waals surface area contributed by atoms with Gasteiger partial charge in [-0.3, -0.25) is 9.59 Å². The van der Waals surface area contributed by atoms with Crippen molar-refractivity contribution >= 4 is 11.9 Å². The Kier molecular flexibility index (Phi) is 6.41. The third-order valence-corrected chi connectivity index (χ3v) is 5.46. The van der Waals surface area contributed by atoms with Gasteiger partial charge in [-0.25, -0.2) is 0 Å². The van der Waals surface area contributed by atoms with Crippen LogP contribution in [-0.4, -0.2) is 49.5 Å². The average molecular weight is 327 g/mol. The first-order valence-electron chi connectivity index (χ1n) is 8.60. The van der Waals surface area contributed by atoms with Gasteiger partial charge in [0.1, 0.15) is 0 Å². The summed E-state index contributed by atoms with van der Waals surface area (Å²) in [4.78, 5) is 24.3. The minimum absolute atomic E-state index is 0.0758. The van der Waals surface area contributed by atoms with Crippen LogP contribution in [-0.2, 0) is 19.1 Å². The van der Waals surface area contributed by atoms with Crippen LogP contribution in [0.2, 0.25) is 0 Å². The molecule has 0 aromatic heterocycles. The molecular formula is C17H29NO5. The molecule has 0 radical (unpaired) electrons. The molecule has 2 fully saturated rings. The Morgan fingerprint density at radius 2 is 1.96 bits per heavy atom. The fourth-order valence-electron chi connectivity index (χ4n) is 3.93. The number of carbonyl (C=O) groups excluding carboxylic acids is 1. The predicted octanol–water partition coefficient (Wildman–Crippen LogP) is 1.97. The van der Waals surface area contributed by atoms with Crippen LogP contribution in [0.5, 0.6) is 0 Å². The Bertz CT molecular complexity index is 421. The number of rotatable bonds is 6. The molecule has 1 amide bonds. The second-order valence-electron chi connectivity index (χ2n) is 7.04. The second kappa shape index (κ2) is 8.11. The van der Waals surface area contributed by atoms with E-state index in [4.69, 9.17) is 9.47 Å². The molecule has 0 aromatic carbocycles. The summed E-state index contributed by atoms with van der Waals surface area (Å²) in [7, 11) is 1.63. The summed E-state index contributed by atoms with van der Waals surface area (Å²) in [6, 6.07) is -0.210. The standard InChI is InChI=1S/C17H29NO5/c1-17(10-15(19)20,12-6-4-3-5-7-12)16(21)18-13-11-23-9-8-14(13)22-2/h12-14H,3-11H2,1-2H3,(H,18,21)(H,19,20)/t13-,14-,17?/m1/s1. The number of hydrogen-bond acceptors (Lipinski definition) is 4. The van der Waals surface area contributed by atoms with Crippen LogP contribution in [0.1, 0.15) is 51.9 Å². The summed E-state index contributed by atoms with van der Waals surface area (Å²) >= 11 is 0. The van der Waals surface area contributed by atoms with Gasteiger partial charge in [-0.1, -0.05) is 19.3 Å². The fourth-order valence-corrected chi connectivity index (χ4v) is 3.93. The Morgan fingerprint density at radius 1 is 1.26 bits per heavy atom. The molecular weight excluding hydrogens is 298 g/mol. The fraction of sp³-hybridized carbons (Fsp3) is 0.882. The first-order valence-corrected chi connectivity index (χ1v) is 8.60. The zero-order valence-corrected chi connectivity index (χ0v) is 14.2. The Morgan fingerprint density at radius 3 is 2.57 bits per heavy atom. The summed E-state index contributed by atoms with van der Waals surface area (Å²) < 4.78 is 10.9. The zero-order valence-electron chi connectivity index (χ0n) is 14.2. The smallest absolute Gasteiger partial charge is 0.304 e. The summed E-state index contributed by atoms with van der Waals surface area (Å²) in [6.07, 6.45) is 5.69. The maximum Gasteiger partial charge on any atom is 0.304 e. The third kappa shape index (κ3) is 4.44. The van der Waals surface area contributed by atoms with Crippen molar-refractivity contribution < 1.29 is 24.2 Å². The van der Waals surface area contributed by atoms with Gasteiger partial charge in [0.2, 0.25) is 5.91 Å². The highest BCUT2D eigenvalue weighted by molar-refractivity contribution is 5.87. The van der Waals surface area contributed by atoms with E-state index >= 15 is 0 Å². The first-order chi connectivity index (χ1) is 11.0. The molecule has 1 aliphatic carbocycles. The molecule has 2 N–H and O–H groups in total. The van der Waals surface area contributed by atoms with Gasteiger partial charge < -0.3 is 19.9 Å². The van der Waals surface area contributed by atoms with Crippen LogP contribution < -0.4 is 5.32 Å². The quantitative estimate of drug-likeness (QED) is 0.779. The van der Waals surface area contributed by atoms with Crippen LogP contribution in [0.4, 0.5) is 0 Å². The van der Waals surface area contributed by atoms with Crippen molar-refractivity contribution in [2.45, 2.75) is 64.0 Å². The normalized spacial score (nSPS) is 28.8. The van der Waals surface area contributed by atoms with E-state index in [0.717, 1.165) is 32.1 Å². The molecule has 6 heteroatoms. The van der Waals surface area contributed by atoms with E-state index in [2.05, 4.69) is 5.32 Å². The number of aliphatic carboxylic acids is 1. The number of ether oxygens (including phenoxy) is 2. The van der Waals surface area contributed by atoms with E-state index in [-0.39, 0.29) is 30.4 Å². The van der Waals surface area contributed by atoms with Crippen LogP contribution in [0.3, 0.4) is 0 Å². The first kappa shape index (κ1) is 18.2. The minimum Gasteiger partial charge on any atom is -0.481 e. The van der Waals surface area contributed by atoms with Crippen LogP contribution in [0.15, 0.2) is 0 Å². The summed E-state index contributed by atoms with van der Waals surface area (Å²) in [5.74, 6) is -0.974. The van der Waals surface area contributed by atoms with Crippen molar-refractivity contribution in [1.29, 1.82) is 0 Å². The van der Waals surface area contributed by atoms with Gasteiger partial charge in [-0.05, 0) is 32.1 Å².